The van der Waals surface area contributed by atoms with Crippen LogP contribution in [-0.2, 0) is 4.74 Å². The molecule has 0 saturated heterocycles. The van der Waals surface area contributed by atoms with Crippen molar-refractivity contribution in [3.63, 3.8) is 0 Å². The Labute approximate surface area is 158 Å². The first-order chi connectivity index (χ1) is 12.6. The summed E-state index contributed by atoms with van der Waals surface area (Å²) in [5.74, 6) is -0.260. The Balaban J connectivity index is 2.50. The summed E-state index contributed by atoms with van der Waals surface area (Å²) < 4.78 is 5.10. The summed E-state index contributed by atoms with van der Waals surface area (Å²) in [6, 6.07) is 22.1. The Morgan fingerprint density at radius 3 is 1.81 bits per heavy atom. The Kier molecular flexibility index (Phi) is 7.40. The number of carbonyl (C=O) groups is 1. The fourth-order valence-electron chi connectivity index (χ4n) is 3.31. The molecule has 2 nitrogen and oxygen atoms in total. The van der Waals surface area contributed by atoms with E-state index in [-0.39, 0.29) is 5.97 Å². The maximum atomic E-state index is 11.9. The van der Waals surface area contributed by atoms with Crippen molar-refractivity contribution < 1.29 is 9.53 Å². The van der Waals surface area contributed by atoms with E-state index in [1.807, 2.05) is 31.2 Å². The normalized spacial score (nSPS) is 12.1. The third-order valence-electron chi connectivity index (χ3n) is 5.35. The summed E-state index contributed by atoms with van der Waals surface area (Å²) in [6.07, 6.45) is 0. The van der Waals surface area contributed by atoms with Crippen LogP contribution in [0.25, 0.3) is 5.57 Å². The number of ether oxygens (including phenoxy) is 1. The topological polar surface area (TPSA) is 26.3 Å². The van der Waals surface area contributed by atoms with Crippen LogP contribution in [0.15, 0.2) is 60.3 Å². The molecule has 2 rings (SSSR count). The van der Waals surface area contributed by atoms with Crippen LogP contribution in [0.5, 0.6) is 0 Å². The van der Waals surface area contributed by atoms with Gasteiger partial charge in [-0.3, -0.25) is 0 Å². The van der Waals surface area contributed by atoms with Gasteiger partial charge in [-0.15, -0.1) is 0 Å². The highest BCUT2D eigenvalue weighted by Gasteiger charge is 2.25. The molecule has 0 aromatic heterocycles. The molecule has 0 aliphatic heterocycles. The predicted octanol–water partition coefficient (Wildman–Crippen LogP) is 6.34. The maximum absolute atomic E-state index is 11.9. The van der Waals surface area contributed by atoms with Gasteiger partial charge in [0.05, 0.1) is 20.2 Å². The first kappa shape index (κ1) is 20.2. The van der Waals surface area contributed by atoms with Crippen LogP contribution in [0.3, 0.4) is 0 Å². The van der Waals surface area contributed by atoms with Crippen molar-refractivity contribution >= 4 is 19.6 Å². The largest absolute Gasteiger partial charge is 0.462 e. The summed E-state index contributed by atoms with van der Waals surface area (Å²) in [4.78, 5) is 11.9. The van der Waals surface area contributed by atoms with E-state index in [4.69, 9.17) is 4.74 Å². The van der Waals surface area contributed by atoms with E-state index in [0.717, 1.165) is 5.56 Å². The second kappa shape index (κ2) is 9.53. The van der Waals surface area contributed by atoms with Crippen molar-refractivity contribution in [2.45, 2.75) is 45.8 Å². The molecule has 26 heavy (non-hydrogen) atoms. The van der Waals surface area contributed by atoms with E-state index < -0.39 is 8.07 Å². The molecule has 2 aromatic rings. The van der Waals surface area contributed by atoms with E-state index >= 15 is 0 Å². The third kappa shape index (κ3) is 4.73. The lowest BCUT2D eigenvalue weighted by atomic mass is 9.98. The van der Waals surface area contributed by atoms with Crippen molar-refractivity contribution in [3.05, 3.63) is 77.0 Å². The van der Waals surface area contributed by atoms with Crippen LogP contribution in [0.1, 0.15) is 49.2 Å². The van der Waals surface area contributed by atoms with Crippen LogP contribution in [0.2, 0.25) is 18.1 Å². The molecule has 138 valence electrons. The molecule has 0 amide bonds. The van der Waals surface area contributed by atoms with E-state index in [0.29, 0.717) is 12.2 Å². The molecule has 0 atom stereocenters. The zero-order valence-electron chi connectivity index (χ0n) is 16.4. The summed E-state index contributed by atoms with van der Waals surface area (Å²) in [5, 5.41) is 0. The van der Waals surface area contributed by atoms with Gasteiger partial charge in [-0.25, -0.2) is 4.79 Å². The van der Waals surface area contributed by atoms with Gasteiger partial charge in [0.25, 0.3) is 0 Å². The zero-order chi connectivity index (χ0) is 19.0. The lowest BCUT2D eigenvalue weighted by molar-refractivity contribution is 0.0526. The van der Waals surface area contributed by atoms with Crippen molar-refractivity contribution in [1.29, 1.82) is 0 Å². The molecule has 0 fully saturated rings. The van der Waals surface area contributed by atoms with Crippen LogP contribution < -0.4 is 0 Å². The Hall–Kier alpha value is -2.13. The minimum absolute atomic E-state index is 0.260. The minimum Gasteiger partial charge on any atom is -0.462 e. The van der Waals surface area contributed by atoms with E-state index in [9.17, 15) is 4.79 Å². The summed E-state index contributed by atoms with van der Waals surface area (Å²) in [7, 11) is -1.45. The first-order valence-electron chi connectivity index (χ1n) is 9.65. The van der Waals surface area contributed by atoms with E-state index in [1.54, 1.807) is 0 Å². The highest BCUT2D eigenvalue weighted by Crippen LogP contribution is 2.31. The molecule has 0 spiro atoms. The average Bonchev–Trinajstić information content (AvgIpc) is 2.71. The van der Waals surface area contributed by atoms with Gasteiger partial charge in [0.1, 0.15) is 0 Å². The fourth-order valence-corrected chi connectivity index (χ4v) is 6.37. The number of hydrogen-bond donors (Lipinski definition) is 0. The quantitative estimate of drug-likeness (QED) is 0.402. The highest BCUT2D eigenvalue weighted by molar-refractivity contribution is 6.85. The predicted molar refractivity (Wildman–Crippen MR) is 113 cm³/mol. The molecule has 2 aromatic carbocycles. The van der Waals surface area contributed by atoms with Crippen LogP contribution in [0.4, 0.5) is 0 Å². The van der Waals surface area contributed by atoms with E-state index in [2.05, 4.69) is 56.8 Å². The molecule has 0 aliphatic carbocycles. The lowest BCUT2D eigenvalue weighted by Crippen LogP contribution is -2.29. The second-order valence-corrected chi connectivity index (χ2v) is 11.8. The highest BCUT2D eigenvalue weighted by atomic mass is 28.3. The lowest BCUT2D eigenvalue weighted by Gasteiger charge is -2.26. The Morgan fingerprint density at radius 2 is 1.31 bits per heavy atom. The second-order valence-electron chi connectivity index (χ2n) is 6.64. The number of hydrogen-bond acceptors (Lipinski definition) is 2. The van der Waals surface area contributed by atoms with Gasteiger partial charge in [-0.05, 0) is 35.8 Å². The van der Waals surface area contributed by atoms with Gasteiger partial charge in [0.15, 0.2) is 0 Å². The van der Waals surface area contributed by atoms with Crippen LogP contribution in [-0.4, -0.2) is 20.7 Å². The number of carbonyl (C=O) groups excluding carboxylic acids is 1. The SMILES string of the molecule is CCOC(=O)c1ccc(/C(=C/[Si](CC)(CC)CC)c2ccccc2)cc1. The van der Waals surface area contributed by atoms with Crippen molar-refractivity contribution in [2.24, 2.45) is 0 Å². The molecule has 0 aliphatic rings. The van der Waals surface area contributed by atoms with Crippen LogP contribution >= 0.6 is 0 Å². The third-order valence-corrected chi connectivity index (χ3v) is 10.5. The molecule has 0 unspecified atom stereocenters. The monoisotopic (exact) mass is 366 g/mol. The summed E-state index contributed by atoms with van der Waals surface area (Å²) in [6.45, 7) is 9.19. The van der Waals surface area contributed by atoms with Gasteiger partial charge in [0.2, 0.25) is 0 Å². The molecule has 0 N–H and O–H groups in total. The molecule has 3 heteroatoms. The molecular formula is C23H30O2Si. The molecule has 0 heterocycles. The number of rotatable bonds is 8. The maximum Gasteiger partial charge on any atom is 0.338 e. The molecule has 0 saturated carbocycles. The molecule has 0 bridgehead atoms. The number of benzene rings is 2. The van der Waals surface area contributed by atoms with E-state index in [1.165, 1.54) is 29.3 Å². The zero-order valence-corrected chi connectivity index (χ0v) is 17.4. The molecular weight excluding hydrogens is 336 g/mol. The van der Waals surface area contributed by atoms with Crippen molar-refractivity contribution in [2.75, 3.05) is 6.61 Å². The smallest absolute Gasteiger partial charge is 0.338 e. The summed E-state index contributed by atoms with van der Waals surface area (Å²) in [5.41, 5.74) is 6.87. The Bertz CT molecular complexity index is 720. The van der Waals surface area contributed by atoms with Gasteiger partial charge >= 0.3 is 5.97 Å². The number of esters is 1. The van der Waals surface area contributed by atoms with Gasteiger partial charge in [-0.2, -0.15) is 0 Å². The average molecular weight is 367 g/mol. The standard InChI is InChI=1S/C23H30O2Si/c1-5-25-23(24)21-16-14-20(15-17-21)22(19-12-10-9-11-13-19)18-26(6-2,7-3)8-4/h9-18H,5-8H2,1-4H3/b22-18+. The Morgan fingerprint density at radius 1 is 0.808 bits per heavy atom. The molecule has 0 radical (unpaired) electrons. The first-order valence-corrected chi connectivity index (χ1v) is 12.3. The summed E-state index contributed by atoms with van der Waals surface area (Å²) >= 11 is 0. The van der Waals surface area contributed by atoms with Crippen LogP contribution in [0, 0.1) is 0 Å². The minimum atomic E-state index is -1.45. The van der Waals surface area contributed by atoms with Gasteiger partial charge in [-0.1, -0.05) is 87.1 Å². The van der Waals surface area contributed by atoms with Crippen molar-refractivity contribution in [3.8, 4) is 0 Å². The van der Waals surface area contributed by atoms with Gasteiger partial charge < -0.3 is 4.74 Å². The van der Waals surface area contributed by atoms with Crippen molar-refractivity contribution in [1.82, 2.24) is 0 Å². The fraction of sp³-hybridized carbons (Fsp3) is 0.348. The van der Waals surface area contributed by atoms with Gasteiger partial charge in [0, 0.05) is 0 Å².